The number of thiol groups is 1. The third-order valence-corrected chi connectivity index (χ3v) is 5.70. The Labute approximate surface area is 207 Å². The van der Waals surface area contributed by atoms with Crippen LogP contribution in [-0.4, -0.2) is 35.8 Å². The highest BCUT2D eigenvalue weighted by atomic mass is 32.1. The second-order valence-corrected chi connectivity index (χ2v) is 9.40. The third-order valence-electron chi connectivity index (χ3n) is 5.34. The van der Waals surface area contributed by atoms with Gasteiger partial charge in [-0.2, -0.15) is 12.6 Å². The van der Waals surface area contributed by atoms with Gasteiger partial charge in [-0.3, -0.25) is 14.9 Å². The number of nitrogens with one attached hydrogen (secondary N) is 2. The largest absolute Gasteiger partial charge is 0.459 e. The molecule has 0 unspecified atom stereocenters. The Bertz CT molecular complexity index is 970. The topological polar surface area (TPSA) is 67.4 Å². The van der Waals surface area contributed by atoms with Crippen LogP contribution < -0.4 is 10.6 Å². The smallest absolute Gasteiger partial charge is 0.325 e. The van der Waals surface area contributed by atoms with E-state index in [9.17, 15) is 9.59 Å². The van der Waals surface area contributed by atoms with Crippen molar-refractivity contribution in [2.24, 2.45) is 0 Å². The summed E-state index contributed by atoms with van der Waals surface area (Å²) >= 11 is 4.48. The van der Waals surface area contributed by atoms with E-state index in [4.69, 9.17) is 4.74 Å². The first-order valence-electron chi connectivity index (χ1n) is 11.3. The average molecular weight is 477 g/mol. The normalized spacial score (nSPS) is 12.6. The Morgan fingerprint density at radius 2 is 1.21 bits per heavy atom. The lowest BCUT2D eigenvalue weighted by Gasteiger charge is -2.39. The molecule has 0 bridgehead atoms. The summed E-state index contributed by atoms with van der Waals surface area (Å²) in [7, 11) is 0. The van der Waals surface area contributed by atoms with Crippen LogP contribution in [0, 0.1) is 0 Å². The number of rotatable bonds is 9. The van der Waals surface area contributed by atoms with Gasteiger partial charge in [0.2, 0.25) is 5.91 Å². The predicted octanol–water partition coefficient (Wildman–Crippen LogP) is 4.32. The molecule has 0 aliphatic heterocycles. The second kappa shape index (κ2) is 11.4. The van der Waals surface area contributed by atoms with Gasteiger partial charge >= 0.3 is 5.97 Å². The Morgan fingerprint density at radius 3 is 1.56 bits per heavy atom. The fourth-order valence-electron chi connectivity index (χ4n) is 3.93. The Kier molecular flexibility index (Phi) is 8.53. The third kappa shape index (κ3) is 6.27. The highest BCUT2D eigenvalue weighted by Crippen LogP contribution is 2.37. The number of esters is 1. The van der Waals surface area contributed by atoms with Gasteiger partial charge < -0.3 is 10.1 Å². The number of carbonyl (C=O) groups is 2. The number of hydrogen-bond acceptors (Lipinski definition) is 5. The van der Waals surface area contributed by atoms with E-state index in [1.54, 1.807) is 20.8 Å². The summed E-state index contributed by atoms with van der Waals surface area (Å²) in [4.78, 5) is 25.3. The highest BCUT2D eigenvalue weighted by molar-refractivity contribution is 7.80. The van der Waals surface area contributed by atoms with Crippen molar-refractivity contribution in [3.05, 3.63) is 108 Å². The summed E-state index contributed by atoms with van der Waals surface area (Å²) in [6, 6.07) is 29.4. The van der Waals surface area contributed by atoms with Crippen molar-refractivity contribution in [3.8, 4) is 0 Å². The van der Waals surface area contributed by atoms with Crippen LogP contribution >= 0.6 is 12.6 Å². The van der Waals surface area contributed by atoms with E-state index in [2.05, 4.69) is 23.3 Å². The molecular weight excluding hydrogens is 444 g/mol. The molecule has 5 nitrogen and oxygen atoms in total. The van der Waals surface area contributed by atoms with Crippen LogP contribution in [0.25, 0.3) is 0 Å². The zero-order chi connectivity index (χ0) is 24.6. The Balaban J connectivity index is 2.00. The molecule has 3 aromatic rings. The summed E-state index contributed by atoms with van der Waals surface area (Å²) in [6.45, 7) is 5.16. The lowest BCUT2D eigenvalue weighted by atomic mass is 9.76. The number of carbonyl (C=O) groups excluding carboxylic acids is 2. The van der Waals surface area contributed by atoms with Crippen molar-refractivity contribution in [3.63, 3.8) is 0 Å². The summed E-state index contributed by atoms with van der Waals surface area (Å²) in [5, 5.41) is 6.31. The van der Waals surface area contributed by atoms with Gasteiger partial charge in [-0.1, -0.05) is 91.0 Å². The summed E-state index contributed by atoms with van der Waals surface area (Å²) in [5.74, 6) is -0.582. The molecule has 178 valence electrons. The van der Waals surface area contributed by atoms with Crippen molar-refractivity contribution in [2.45, 2.75) is 38.0 Å². The molecule has 0 saturated heterocycles. The van der Waals surface area contributed by atoms with Gasteiger partial charge in [-0.25, -0.2) is 0 Å². The number of hydrogen-bond donors (Lipinski definition) is 3. The Morgan fingerprint density at radius 1 is 0.794 bits per heavy atom. The van der Waals surface area contributed by atoms with Gasteiger partial charge in [0.1, 0.15) is 12.1 Å². The molecule has 0 radical (unpaired) electrons. The predicted molar refractivity (Wildman–Crippen MR) is 139 cm³/mol. The minimum absolute atomic E-state index is 0.211. The molecule has 0 saturated carbocycles. The standard InChI is InChI=1S/C28H32N2O3S/c1-27(2,3)33-25(31)19-29-26(32)24(20-34)30-28(21-13-7-4-8-14-21,22-15-9-5-10-16-22)23-17-11-6-12-18-23/h4-18,24,30,34H,19-20H2,1-3H3,(H,29,32)/t24-/m1/s1. The molecule has 1 amide bonds. The van der Waals surface area contributed by atoms with Crippen LogP contribution in [0.15, 0.2) is 91.0 Å². The van der Waals surface area contributed by atoms with Crippen LogP contribution in [-0.2, 0) is 19.9 Å². The van der Waals surface area contributed by atoms with E-state index in [1.807, 2.05) is 91.0 Å². The number of benzene rings is 3. The molecule has 1 atom stereocenters. The molecule has 0 aliphatic rings. The van der Waals surface area contributed by atoms with Gasteiger partial charge in [0.05, 0.1) is 11.6 Å². The van der Waals surface area contributed by atoms with Crippen molar-refractivity contribution >= 4 is 24.5 Å². The molecule has 0 spiro atoms. The lowest BCUT2D eigenvalue weighted by molar-refractivity contribution is -0.154. The monoisotopic (exact) mass is 476 g/mol. The summed E-state index contributed by atoms with van der Waals surface area (Å²) in [5.41, 5.74) is 1.52. The SMILES string of the molecule is CC(C)(C)OC(=O)CNC(=O)[C@@H](CS)NC(c1ccccc1)(c1ccccc1)c1ccccc1. The molecule has 3 aromatic carbocycles. The lowest BCUT2D eigenvalue weighted by Crippen LogP contribution is -2.56. The zero-order valence-electron chi connectivity index (χ0n) is 19.8. The minimum Gasteiger partial charge on any atom is -0.459 e. The first kappa shape index (κ1) is 25.5. The maximum atomic E-state index is 13.2. The van der Waals surface area contributed by atoms with Gasteiger partial charge in [-0.15, -0.1) is 0 Å². The van der Waals surface area contributed by atoms with Crippen LogP contribution in [0.2, 0.25) is 0 Å². The summed E-state index contributed by atoms with van der Waals surface area (Å²) in [6.07, 6.45) is 0. The Hall–Kier alpha value is -3.09. The molecule has 0 fully saturated rings. The maximum absolute atomic E-state index is 13.2. The van der Waals surface area contributed by atoms with Gasteiger partial charge in [-0.05, 0) is 37.5 Å². The molecule has 6 heteroatoms. The van der Waals surface area contributed by atoms with Gasteiger partial charge in [0.15, 0.2) is 0 Å². The zero-order valence-corrected chi connectivity index (χ0v) is 20.7. The molecule has 34 heavy (non-hydrogen) atoms. The minimum atomic E-state index is -0.819. The molecule has 0 aliphatic carbocycles. The molecule has 2 N–H and O–H groups in total. The highest BCUT2D eigenvalue weighted by Gasteiger charge is 2.39. The van der Waals surface area contributed by atoms with E-state index in [0.717, 1.165) is 16.7 Å². The first-order valence-corrected chi connectivity index (χ1v) is 11.9. The fourth-order valence-corrected chi connectivity index (χ4v) is 4.19. The van der Waals surface area contributed by atoms with Crippen molar-refractivity contribution < 1.29 is 14.3 Å². The van der Waals surface area contributed by atoms with Crippen LogP contribution in [0.1, 0.15) is 37.5 Å². The van der Waals surface area contributed by atoms with Crippen LogP contribution in [0.5, 0.6) is 0 Å². The fraction of sp³-hybridized carbons (Fsp3) is 0.286. The number of ether oxygens (including phenoxy) is 1. The van der Waals surface area contributed by atoms with E-state index in [0.29, 0.717) is 0 Å². The molecular formula is C28H32N2O3S. The molecule has 0 aromatic heterocycles. The second-order valence-electron chi connectivity index (χ2n) is 9.03. The maximum Gasteiger partial charge on any atom is 0.325 e. The first-order chi connectivity index (χ1) is 16.3. The number of amides is 1. The molecule has 3 rings (SSSR count). The van der Waals surface area contributed by atoms with Gasteiger partial charge in [0.25, 0.3) is 0 Å². The summed E-state index contributed by atoms with van der Waals surface area (Å²) < 4.78 is 5.32. The van der Waals surface area contributed by atoms with E-state index >= 15 is 0 Å². The van der Waals surface area contributed by atoms with E-state index in [-0.39, 0.29) is 18.2 Å². The van der Waals surface area contributed by atoms with Crippen LogP contribution in [0.4, 0.5) is 0 Å². The van der Waals surface area contributed by atoms with Crippen molar-refractivity contribution in [1.29, 1.82) is 0 Å². The van der Waals surface area contributed by atoms with E-state index < -0.39 is 23.2 Å². The van der Waals surface area contributed by atoms with E-state index in [1.165, 1.54) is 0 Å². The van der Waals surface area contributed by atoms with Crippen LogP contribution in [0.3, 0.4) is 0 Å². The van der Waals surface area contributed by atoms with Crippen molar-refractivity contribution in [2.75, 3.05) is 12.3 Å². The van der Waals surface area contributed by atoms with Gasteiger partial charge in [0, 0.05) is 5.75 Å². The quantitative estimate of drug-likeness (QED) is 0.244. The van der Waals surface area contributed by atoms with Crippen molar-refractivity contribution in [1.82, 2.24) is 10.6 Å². The molecule has 0 heterocycles. The average Bonchev–Trinajstić information content (AvgIpc) is 2.84.